The lowest BCUT2D eigenvalue weighted by molar-refractivity contribution is -0.101. The highest BCUT2D eigenvalue weighted by molar-refractivity contribution is 6.62. The SMILES string of the molecule is CC1(C)OB(c2cccc(OC[C@H]3COCCO3)c2)OC1(C)C. The fourth-order valence-corrected chi connectivity index (χ4v) is 2.55. The summed E-state index contributed by atoms with van der Waals surface area (Å²) in [4.78, 5) is 0. The summed E-state index contributed by atoms with van der Waals surface area (Å²) in [5, 5.41) is 0. The fraction of sp³-hybridized carbons (Fsp3) is 0.647. The smallest absolute Gasteiger partial charge is 0.491 e. The molecule has 23 heavy (non-hydrogen) atoms. The van der Waals surface area contributed by atoms with Gasteiger partial charge in [-0.15, -0.1) is 0 Å². The average Bonchev–Trinajstić information content (AvgIpc) is 2.75. The number of hydrogen-bond acceptors (Lipinski definition) is 5. The van der Waals surface area contributed by atoms with Gasteiger partial charge in [0.2, 0.25) is 0 Å². The Hall–Kier alpha value is -1.08. The van der Waals surface area contributed by atoms with Gasteiger partial charge in [-0.25, -0.2) is 0 Å². The van der Waals surface area contributed by atoms with Crippen LogP contribution in [0, 0.1) is 0 Å². The predicted molar refractivity (Wildman–Crippen MR) is 88.2 cm³/mol. The Labute approximate surface area is 138 Å². The third-order valence-electron chi connectivity index (χ3n) is 4.70. The van der Waals surface area contributed by atoms with E-state index in [4.69, 9.17) is 23.5 Å². The van der Waals surface area contributed by atoms with E-state index < -0.39 is 0 Å². The van der Waals surface area contributed by atoms with Crippen LogP contribution in [0.15, 0.2) is 24.3 Å². The van der Waals surface area contributed by atoms with E-state index in [1.807, 2.05) is 52.0 Å². The van der Waals surface area contributed by atoms with Crippen LogP contribution in [0.5, 0.6) is 5.75 Å². The Morgan fingerprint density at radius 3 is 2.52 bits per heavy atom. The normalized spacial score (nSPS) is 26.3. The molecule has 0 aromatic heterocycles. The van der Waals surface area contributed by atoms with Crippen LogP contribution in [-0.2, 0) is 18.8 Å². The zero-order chi connectivity index (χ0) is 16.5. The average molecular weight is 320 g/mol. The van der Waals surface area contributed by atoms with Crippen LogP contribution < -0.4 is 10.2 Å². The molecule has 2 saturated heterocycles. The van der Waals surface area contributed by atoms with Gasteiger partial charge in [-0.3, -0.25) is 0 Å². The molecule has 0 saturated carbocycles. The van der Waals surface area contributed by atoms with E-state index in [0.717, 1.165) is 11.2 Å². The molecule has 2 aliphatic heterocycles. The van der Waals surface area contributed by atoms with Gasteiger partial charge in [0.15, 0.2) is 0 Å². The Morgan fingerprint density at radius 1 is 1.13 bits per heavy atom. The van der Waals surface area contributed by atoms with Crippen molar-refractivity contribution in [1.82, 2.24) is 0 Å². The molecule has 1 atom stereocenters. The number of rotatable bonds is 4. The van der Waals surface area contributed by atoms with E-state index in [0.29, 0.717) is 26.4 Å². The molecule has 6 heteroatoms. The van der Waals surface area contributed by atoms with Crippen molar-refractivity contribution >= 4 is 12.6 Å². The molecule has 0 amide bonds. The molecule has 2 fully saturated rings. The van der Waals surface area contributed by atoms with Crippen LogP contribution in [0.1, 0.15) is 27.7 Å². The third-order valence-corrected chi connectivity index (χ3v) is 4.70. The minimum absolute atomic E-state index is 0.00995. The zero-order valence-electron chi connectivity index (χ0n) is 14.3. The molecule has 0 bridgehead atoms. The monoisotopic (exact) mass is 320 g/mol. The molecule has 0 unspecified atom stereocenters. The van der Waals surface area contributed by atoms with Crippen molar-refractivity contribution in [2.45, 2.75) is 45.0 Å². The van der Waals surface area contributed by atoms with Gasteiger partial charge in [0, 0.05) is 0 Å². The molecule has 0 spiro atoms. The first-order valence-electron chi connectivity index (χ1n) is 8.15. The molecule has 5 nitrogen and oxygen atoms in total. The molecule has 0 aliphatic carbocycles. The van der Waals surface area contributed by atoms with Crippen molar-refractivity contribution in [3.8, 4) is 5.75 Å². The molecule has 3 rings (SSSR count). The number of ether oxygens (including phenoxy) is 3. The van der Waals surface area contributed by atoms with Gasteiger partial charge < -0.3 is 23.5 Å². The van der Waals surface area contributed by atoms with Crippen molar-refractivity contribution in [2.75, 3.05) is 26.4 Å². The molecular weight excluding hydrogens is 295 g/mol. The number of hydrogen-bond donors (Lipinski definition) is 0. The van der Waals surface area contributed by atoms with Crippen molar-refractivity contribution in [1.29, 1.82) is 0 Å². The van der Waals surface area contributed by atoms with Gasteiger partial charge in [0.05, 0.1) is 31.0 Å². The summed E-state index contributed by atoms with van der Waals surface area (Å²) in [6, 6.07) is 7.84. The van der Waals surface area contributed by atoms with Gasteiger partial charge in [-0.2, -0.15) is 0 Å². The highest BCUT2D eigenvalue weighted by Crippen LogP contribution is 2.36. The quantitative estimate of drug-likeness (QED) is 0.792. The second kappa shape index (κ2) is 6.44. The maximum Gasteiger partial charge on any atom is 0.494 e. The topological polar surface area (TPSA) is 46.2 Å². The first-order valence-corrected chi connectivity index (χ1v) is 8.15. The first kappa shape index (κ1) is 16.8. The summed E-state index contributed by atoms with van der Waals surface area (Å²) in [6.45, 7) is 10.5. The van der Waals surface area contributed by atoms with Crippen LogP contribution in [0.25, 0.3) is 0 Å². The lowest BCUT2D eigenvalue weighted by atomic mass is 9.79. The highest BCUT2D eigenvalue weighted by atomic mass is 16.7. The van der Waals surface area contributed by atoms with E-state index in [1.165, 1.54) is 0 Å². The molecule has 2 heterocycles. The van der Waals surface area contributed by atoms with Crippen molar-refractivity contribution < 1.29 is 23.5 Å². The maximum atomic E-state index is 6.08. The molecule has 126 valence electrons. The predicted octanol–water partition coefficient (Wildman–Crippen LogP) is 1.78. The van der Waals surface area contributed by atoms with E-state index in [2.05, 4.69) is 0 Å². The molecule has 1 aromatic carbocycles. The minimum atomic E-state index is -0.377. The molecule has 2 aliphatic rings. The van der Waals surface area contributed by atoms with Crippen LogP contribution in [0.2, 0.25) is 0 Å². The van der Waals surface area contributed by atoms with Gasteiger partial charge in [-0.05, 0) is 45.3 Å². The van der Waals surface area contributed by atoms with E-state index in [9.17, 15) is 0 Å². The molecular formula is C17H25BO5. The van der Waals surface area contributed by atoms with Crippen LogP contribution >= 0.6 is 0 Å². The van der Waals surface area contributed by atoms with Crippen molar-refractivity contribution in [3.63, 3.8) is 0 Å². The molecule has 0 radical (unpaired) electrons. The highest BCUT2D eigenvalue weighted by Gasteiger charge is 2.51. The van der Waals surface area contributed by atoms with E-state index >= 15 is 0 Å². The van der Waals surface area contributed by atoms with Crippen molar-refractivity contribution in [2.24, 2.45) is 0 Å². The molecule has 0 N–H and O–H groups in total. The Kier molecular flexibility index (Phi) is 4.69. The standard InChI is InChI=1S/C17H25BO5/c1-16(2)17(3,4)23-18(22-16)13-6-5-7-14(10-13)21-12-15-11-19-8-9-20-15/h5-7,10,15H,8-9,11-12H2,1-4H3/t15-/m1/s1. The van der Waals surface area contributed by atoms with Crippen LogP contribution in [-0.4, -0.2) is 50.9 Å². The lowest BCUT2D eigenvalue weighted by Crippen LogP contribution is -2.41. The van der Waals surface area contributed by atoms with Gasteiger partial charge >= 0.3 is 7.12 Å². The largest absolute Gasteiger partial charge is 0.494 e. The third kappa shape index (κ3) is 3.71. The van der Waals surface area contributed by atoms with Crippen LogP contribution in [0.4, 0.5) is 0 Å². The number of benzene rings is 1. The Morgan fingerprint density at radius 2 is 1.87 bits per heavy atom. The fourth-order valence-electron chi connectivity index (χ4n) is 2.55. The maximum absolute atomic E-state index is 6.08. The summed E-state index contributed by atoms with van der Waals surface area (Å²) >= 11 is 0. The van der Waals surface area contributed by atoms with Gasteiger partial charge in [0.25, 0.3) is 0 Å². The second-order valence-corrected chi connectivity index (χ2v) is 7.04. The van der Waals surface area contributed by atoms with E-state index in [1.54, 1.807) is 0 Å². The Balaban J connectivity index is 1.63. The van der Waals surface area contributed by atoms with Crippen molar-refractivity contribution in [3.05, 3.63) is 24.3 Å². The Bertz CT molecular complexity index is 524. The molecule has 1 aromatic rings. The van der Waals surface area contributed by atoms with Gasteiger partial charge in [0.1, 0.15) is 18.5 Å². The van der Waals surface area contributed by atoms with Gasteiger partial charge in [-0.1, -0.05) is 12.1 Å². The summed E-state index contributed by atoms with van der Waals surface area (Å²) in [5.74, 6) is 0.784. The zero-order valence-corrected chi connectivity index (χ0v) is 14.3. The summed E-state index contributed by atoms with van der Waals surface area (Å²) < 4.78 is 28.9. The lowest BCUT2D eigenvalue weighted by Gasteiger charge is -2.32. The minimum Gasteiger partial charge on any atom is -0.491 e. The van der Waals surface area contributed by atoms with E-state index in [-0.39, 0.29) is 24.4 Å². The van der Waals surface area contributed by atoms with Crippen LogP contribution in [0.3, 0.4) is 0 Å². The second-order valence-electron chi connectivity index (χ2n) is 7.04. The summed E-state index contributed by atoms with van der Waals surface area (Å²) in [6.07, 6.45) is -0.00995. The summed E-state index contributed by atoms with van der Waals surface area (Å²) in [5.41, 5.74) is 0.269. The first-order chi connectivity index (χ1) is 10.9. The summed E-state index contributed by atoms with van der Waals surface area (Å²) in [7, 11) is -0.377.